The second kappa shape index (κ2) is 5.77. The van der Waals surface area contributed by atoms with Gasteiger partial charge in [0.2, 0.25) is 10.0 Å². The molecule has 0 rings (SSSR count). The van der Waals surface area contributed by atoms with E-state index in [-0.39, 0.29) is 0 Å². The van der Waals surface area contributed by atoms with Gasteiger partial charge in [0.1, 0.15) is 0 Å². The van der Waals surface area contributed by atoms with Gasteiger partial charge in [0, 0.05) is 6.54 Å². The SMILES string of the molecule is CC(C)(C)S(=O)(=O)NCCCCC(N)=S. The van der Waals surface area contributed by atoms with E-state index in [0.29, 0.717) is 18.0 Å². The van der Waals surface area contributed by atoms with Gasteiger partial charge in [-0.1, -0.05) is 12.2 Å². The van der Waals surface area contributed by atoms with Gasteiger partial charge in [0.25, 0.3) is 0 Å². The second-order valence-corrected chi connectivity index (χ2v) is 7.48. The molecule has 4 nitrogen and oxygen atoms in total. The smallest absolute Gasteiger partial charge is 0.216 e. The van der Waals surface area contributed by atoms with Gasteiger partial charge in [-0.15, -0.1) is 0 Å². The first-order chi connectivity index (χ1) is 6.67. The Morgan fingerprint density at radius 1 is 1.33 bits per heavy atom. The van der Waals surface area contributed by atoms with E-state index < -0.39 is 14.8 Å². The van der Waals surface area contributed by atoms with Crippen molar-refractivity contribution in [3.8, 4) is 0 Å². The van der Waals surface area contributed by atoms with Crippen molar-refractivity contribution in [3.05, 3.63) is 0 Å². The molecule has 0 bridgehead atoms. The van der Waals surface area contributed by atoms with E-state index in [4.69, 9.17) is 18.0 Å². The molecule has 0 atom stereocenters. The van der Waals surface area contributed by atoms with E-state index in [1.54, 1.807) is 20.8 Å². The molecular formula is C9H20N2O2S2. The van der Waals surface area contributed by atoms with Gasteiger partial charge >= 0.3 is 0 Å². The topological polar surface area (TPSA) is 72.2 Å². The quantitative estimate of drug-likeness (QED) is 0.549. The molecule has 0 radical (unpaired) electrons. The highest BCUT2D eigenvalue weighted by Crippen LogP contribution is 2.12. The molecule has 90 valence electrons. The maximum atomic E-state index is 11.6. The Labute approximate surface area is 97.7 Å². The summed E-state index contributed by atoms with van der Waals surface area (Å²) < 4.78 is 25.0. The van der Waals surface area contributed by atoms with Gasteiger partial charge in [0.15, 0.2) is 0 Å². The van der Waals surface area contributed by atoms with Crippen molar-refractivity contribution in [2.75, 3.05) is 6.54 Å². The predicted octanol–water partition coefficient (Wildman–Crippen LogP) is 1.16. The average Bonchev–Trinajstić information content (AvgIpc) is 2.00. The lowest BCUT2D eigenvalue weighted by atomic mass is 10.2. The summed E-state index contributed by atoms with van der Waals surface area (Å²) in [6.45, 7) is 5.46. The molecule has 6 heteroatoms. The first-order valence-electron chi connectivity index (χ1n) is 4.94. The summed E-state index contributed by atoms with van der Waals surface area (Å²) in [5.41, 5.74) is 5.32. The summed E-state index contributed by atoms with van der Waals surface area (Å²) in [4.78, 5) is 0.480. The van der Waals surface area contributed by atoms with Crippen molar-refractivity contribution in [2.45, 2.75) is 44.8 Å². The molecule has 0 heterocycles. The fourth-order valence-corrected chi connectivity index (χ4v) is 1.84. The maximum absolute atomic E-state index is 11.6. The molecule has 0 aliphatic carbocycles. The minimum Gasteiger partial charge on any atom is -0.393 e. The standard InChI is InChI=1S/C9H20N2O2S2/c1-9(2,3)15(12,13)11-7-5-4-6-8(10)14/h11H,4-7H2,1-3H3,(H2,10,14). The van der Waals surface area contributed by atoms with Crippen LogP contribution in [0.4, 0.5) is 0 Å². The highest BCUT2D eigenvalue weighted by Gasteiger charge is 2.27. The minimum absolute atomic E-state index is 0.447. The van der Waals surface area contributed by atoms with Crippen LogP contribution in [0.25, 0.3) is 0 Å². The number of nitrogens with one attached hydrogen (secondary N) is 1. The van der Waals surface area contributed by atoms with Crippen molar-refractivity contribution in [1.29, 1.82) is 0 Å². The molecule has 0 fully saturated rings. The Bertz CT molecular complexity index is 305. The van der Waals surface area contributed by atoms with Crippen LogP contribution in [-0.4, -0.2) is 24.7 Å². The largest absolute Gasteiger partial charge is 0.393 e. The molecule has 0 aliphatic heterocycles. The number of thiocarbonyl (C=S) groups is 1. The van der Waals surface area contributed by atoms with Crippen molar-refractivity contribution in [2.24, 2.45) is 5.73 Å². The van der Waals surface area contributed by atoms with E-state index in [0.717, 1.165) is 12.8 Å². The first kappa shape index (κ1) is 14.8. The van der Waals surface area contributed by atoms with E-state index in [1.165, 1.54) is 0 Å². The summed E-state index contributed by atoms with van der Waals surface area (Å²) in [6.07, 6.45) is 2.25. The molecule has 3 N–H and O–H groups in total. The van der Waals surface area contributed by atoms with Crippen molar-refractivity contribution in [3.63, 3.8) is 0 Å². The maximum Gasteiger partial charge on any atom is 0.216 e. The highest BCUT2D eigenvalue weighted by atomic mass is 32.2. The predicted molar refractivity (Wildman–Crippen MR) is 67.3 cm³/mol. The first-order valence-corrected chi connectivity index (χ1v) is 6.83. The van der Waals surface area contributed by atoms with E-state index in [1.807, 2.05) is 0 Å². The lowest BCUT2D eigenvalue weighted by molar-refractivity contribution is 0.542. The molecule has 0 aromatic heterocycles. The molecule has 15 heavy (non-hydrogen) atoms. The molecule has 0 saturated carbocycles. The zero-order valence-corrected chi connectivity index (χ0v) is 11.2. The van der Waals surface area contributed by atoms with Crippen LogP contribution in [0, 0.1) is 0 Å². The molecule has 0 aliphatic rings. The third kappa shape index (κ3) is 6.06. The number of nitrogens with two attached hydrogens (primary N) is 1. The third-order valence-electron chi connectivity index (χ3n) is 1.95. The fraction of sp³-hybridized carbons (Fsp3) is 0.889. The zero-order valence-electron chi connectivity index (χ0n) is 9.54. The Morgan fingerprint density at radius 2 is 1.87 bits per heavy atom. The van der Waals surface area contributed by atoms with Gasteiger partial charge in [-0.05, 0) is 40.0 Å². The molecular weight excluding hydrogens is 232 g/mol. The number of hydrogen-bond acceptors (Lipinski definition) is 3. The lowest BCUT2D eigenvalue weighted by Gasteiger charge is -2.19. The monoisotopic (exact) mass is 252 g/mol. The summed E-state index contributed by atoms with van der Waals surface area (Å²) >= 11 is 4.72. The number of rotatable bonds is 6. The van der Waals surface area contributed by atoms with Crippen LogP contribution in [0.5, 0.6) is 0 Å². The van der Waals surface area contributed by atoms with Gasteiger partial charge < -0.3 is 5.73 Å². The Hall–Kier alpha value is -0.200. The summed E-state index contributed by atoms with van der Waals surface area (Å²) in [5, 5.41) is 0. The average molecular weight is 252 g/mol. The van der Waals surface area contributed by atoms with Crippen molar-refractivity contribution >= 4 is 27.2 Å². The molecule has 0 spiro atoms. The Kier molecular flexibility index (Phi) is 5.69. The van der Waals surface area contributed by atoms with E-state index >= 15 is 0 Å². The molecule has 0 aromatic rings. The van der Waals surface area contributed by atoms with Gasteiger partial charge in [-0.3, -0.25) is 0 Å². The Balaban J connectivity index is 3.83. The van der Waals surface area contributed by atoms with Crippen LogP contribution < -0.4 is 10.5 Å². The van der Waals surface area contributed by atoms with Crippen LogP contribution in [0.2, 0.25) is 0 Å². The normalized spacial score (nSPS) is 12.7. The number of hydrogen-bond donors (Lipinski definition) is 2. The second-order valence-electron chi connectivity index (χ2n) is 4.43. The van der Waals surface area contributed by atoms with Crippen LogP contribution in [0.15, 0.2) is 0 Å². The summed E-state index contributed by atoms with van der Waals surface area (Å²) in [6, 6.07) is 0. The summed E-state index contributed by atoms with van der Waals surface area (Å²) in [7, 11) is -3.21. The lowest BCUT2D eigenvalue weighted by Crippen LogP contribution is -2.39. The van der Waals surface area contributed by atoms with Crippen molar-refractivity contribution < 1.29 is 8.42 Å². The Morgan fingerprint density at radius 3 is 2.27 bits per heavy atom. The molecule has 0 aromatic carbocycles. The fourth-order valence-electron chi connectivity index (χ4n) is 0.847. The van der Waals surface area contributed by atoms with Gasteiger partial charge in [0.05, 0.1) is 9.74 Å². The van der Waals surface area contributed by atoms with Crippen LogP contribution in [-0.2, 0) is 10.0 Å². The zero-order chi connectivity index (χ0) is 12.1. The van der Waals surface area contributed by atoms with E-state index in [9.17, 15) is 8.42 Å². The third-order valence-corrected chi connectivity index (χ3v) is 4.35. The highest BCUT2D eigenvalue weighted by molar-refractivity contribution is 7.90. The van der Waals surface area contributed by atoms with Crippen LogP contribution >= 0.6 is 12.2 Å². The van der Waals surface area contributed by atoms with Crippen molar-refractivity contribution in [1.82, 2.24) is 4.72 Å². The van der Waals surface area contributed by atoms with Gasteiger partial charge in [-0.25, -0.2) is 13.1 Å². The summed E-state index contributed by atoms with van der Waals surface area (Å²) in [5.74, 6) is 0. The van der Waals surface area contributed by atoms with E-state index in [2.05, 4.69) is 4.72 Å². The van der Waals surface area contributed by atoms with Crippen LogP contribution in [0.3, 0.4) is 0 Å². The minimum atomic E-state index is -3.21. The molecule has 0 saturated heterocycles. The molecule has 0 unspecified atom stereocenters. The molecule has 0 amide bonds. The number of unbranched alkanes of at least 4 members (excludes halogenated alkanes) is 1. The number of sulfonamides is 1. The van der Waals surface area contributed by atoms with Gasteiger partial charge in [-0.2, -0.15) is 0 Å². The van der Waals surface area contributed by atoms with Crippen LogP contribution in [0.1, 0.15) is 40.0 Å².